The predicted octanol–water partition coefficient (Wildman–Crippen LogP) is 3.74. The first-order valence-corrected chi connectivity index (χ1v) is 9.78. The molecule has 1 aliphatic rings. The van der Waals surface area contributed by atoms with Crippen molar-refractivity contribution in [2.75, 3.05) is 18.6 Å². The molecule has 0 aliphatic carbocycles. The maximum Gasteiger partial charge on any atom is 0.213 e. The van der Waals surface area contributed by atoms with Crippen molar-refractivity contribution in [1.82, 2.24) is 24.7 Å². The SMILES string of the molecule is COc1ccc(N2CC(Sc3ccc4nn(C)cc4c3)=Nc3cncnc32)cn1. The largest absolute Gasteiger partial charge is 0.481 e. The number of pyridine rings is 1. The Balaban J connectivity index is 1.49. The van der Waals surface area contributed by atoms with Crippen LogP contribution in [0.3, 0.4) is 0 Å². The number of anilines is 2. The lowest BCUT2D eigenvalue weighted by atomic mass is 10.3. The highest BCUT2D eigenvalue weighted by Gasteiger charge is 2.23. The van der Waals surface area contributed by atoms with Crippen molar-refractivity contribution in [2.24, 2.45) is 12.0 Å². The molecule has 0 amide bonds. The number of methoxy groups -OCH3 is 1. The lowest BCUT2D eigenvalue weighted by molar-refractivity contribution is 0.398. The Bertz CT molecular complexity index is 1220. The summed E-state index contributed by atoms with van der Waals surface area (Å²) >= 11 is 1.63. The van der Waals surface area contributed by atoms with E-state index < -0.39 is 0 Å². The molecule has 5 rings (SSSR count). The molecule has 0 unspecified atom stereocenters. The van der Waals surface area contributed by atoms with Crippen LogP contribution in [0.5, 0.6) is 5.88 Å². The summed E-state index contributed by atoms with van der Waals surface area (Å²) in [6.07, 6.45) is 7.06. The van der Waals surface area contributed by atoms with Crippen LogP contribution in [-0.4, -0.2) is 43.4 Å². The zero-order valence-corrected chi connectivity index (χ0v) is 16.7. The fraction of sp³-hybridized carbons (Fsp3) is 0.150. The second-order valence-electron chi connectivity index (χ2n) is 6.51. The molecule has 0 saturated carbocycles. The van der Waals surface area contributed by atoms with Crippen LogP contribution < -0.4 is 9.64 Å². The molecule has 0 atom stereocenters. The van der Waals surface area contributed by atoms with Crippen LogP contribution in [0, 0.1) is 0 Å². The van der Waals surface area contributed by atoms with Gasteiger partial charge in [0.1, 0.15) is 12.0 Å². The lowest BCUT2D eigenvalue weighted by Crippen LogP contribution is -2.27. The highest BCUT2D eigenvalue weighted by Crippen LogP contribution is 2.37. The van der Waals surface area contributed by atoms with E-state index in [-0.39, 0.29) is 0 Å². The van der Waals surface area contributed by atoms with Crippen molar-refractivity contribution < 1.29 is 4.74 Å². The molecule has 29 heavy (non-hydrogen) atoms. The van der Waals surface area contributed by atoms with Crippen molar-refractivity contribution in [3.05, 3.63) is 55.2 Å². The number of rotatable bonds is 3. The van der Waals surface area contributed by atoms with Crippen LogP contribution in [0.2, 0.25) is 0 Å². The molecule has 0 bridgehead atoms. The van der Waals surface area contributed by atoms with Gasteiger partial charge in [-0.15, -0.1) is 0 Å². The number of aryl methyl sites for hydroxylation is 1. The van der Waals surface area contributed by atoms with Gasteiger partial charge in [-0.05, 0) is 24.3 Å². The molecule has 8 nitrogen and oxygen atoms in total. The number of ether oxygens (including phenoxy) is 1. The van der Waals surface area contributed by atoms with E-state index in [1.54, 1.807) is 31.3 Å². The number of nitrogens with zero attached hydrogens (tertiary/aromatic N) is 7. The van der Waals surface area contributed by atoms with E-state index in [2.05, 4.69) is 37.1 Å². The fourth-order valence-electron chi connectivity index (χ4n) is 3.23. The molecule has 0 saturated heterocycles. The third-order valence-corrected chi connectivity index (χ3v) is 5.48. The van der Waals surface area contributed by atoms with Gasteiger partial charge in [-0.25, -0.2) is 19.9 Å². The summed E-state index contributed by atoms with van der Waals surface area (Å²) < 4.78 is 7.00. The number of fused-ring (bicyclic) bond motifs is 2. The Hall–Kier alpha value is -3.46. The number of benzene rings is 1. The van der Waals surface area contributed by atoms with Gasteiger partial charge in [0.25, 0.3) is 0 Å². The zero-order valence-electron chi connectivity index (χ0n) is 15.9. The van der Waals surface area contributed by atoms with Crippen LogP contribution in [0.1, 0.15) is 0 Å². The maximum atomic E-state index is 5.17. The van der Waals surface area contributed by atoms with Crippen molar-refractivity contribution in [1.29, 1.82) is 0 Å². The topological polar surface area (TPSA) is 81.3 Å². The number of hydrogen-bond acceptors (Lipinski definition) is 8. The van der Waals surface area contributed by atoms with Crippen LogP contribution in [0.15, 0.2) is 65.1 Å². The Labute approximate surface area is 171 Å². The lowest BCUT2D eigenvalue weighted by Gasteiger charge is -2.28. The molecule has 1 aromatic carbocycles. The summed E-state index contributed by atoms with van der Waals surface area (Å²) in [4.78, 5) is 20.9. The minimum Gasteiger partial charge on any atom is -0.481 e. The molecule has 1 aliphatic heterocycles. The molecular formula is C20H17N7OS. The zero-order chi connectivity index (χ0) is 19.8. The first kappa shape index (κ1) is 17.6. The molecule has 0 N–H and O–H groups in total. The van der Waals surface area contributed by atoms with Crippen molar-refractivity contribution in [3.8, 4) is 5.88 Å². The third kappa shape index (κ3) is 3.40. The van der Waals surface area contributed by atoms with Gasteiger partial charge in [0.15, 0.2) is 5.82 Å². The molecular weight excluding hydrogens is 386 g/mol. The minimum atomic E-state index is 0.571. The van der Waals surface area contributed by atoms with Gasteiger partial charge < -0.3 is 9.64 Å². The van der Waals surface area contributed by atoms with Crippen molar-refractivity contribution in [2.45, 2.75) is 4.90 Å². The highest BCUT2D eigenvalue weighted by molar-refractivity contribution is 8.14. The molecule has 144 valence electrons. The standard InChI is InChI=1S/C20H17N7OS/c1-26-10-13-7-15(4-5-16(13)25-26)29-19-11-27(14-3-6-18(28-2)22-8-14)20-17(24-19)9-21-12-23-20/h3-10,12H,11H2,1-2H3. The number of hydrogen-bond donors (Lipinski definition) is 0. The van der Waals surface area contributed by atoms with Crippen molar-refractivity contribution >= 4 is 44.9 Å². The third-order valence-electron chi connectivity index (χ3n) is 4.53. The van der Waals surface area contributed by atoms with E-state index in [1.165, 1.54) is 6.33 Å². The number of aromatic nitrogens is 5. The van der Waals surface area contributed by atoms with E-state index in [0.717, 1.165) is 38.0 Å². The summed E-state index contributed by atoms with van der Waals surface area (Å²) in [5, 5.41) is 6.49. The Kier molecular flexibility index (Phi) is 4.36. The van der Waals surface area contributed by atoms with Crippen molar-refractivity contribution in [3.63, 3.8) is 0 Å². The summed E-state index contributed by atoms with van der Waals surface area (Å²) in [5.74, 6) is 1.33. The van der Waals surface area contributed by atoms with E-state index in [9.17, 15) is 0 Å². The Morgan fingerprint density at radius 2 is 2.03 bits per heavy atom. The van der Waals surface area contributed by atoms with Gasteiger partial charge in [-0.2, -0.15) is 5.10 Å². The Morgan fingerprint density at radius 3 is 2.86 bits per heavy atom. The first-order chi connectivity index (χ1) is 14.2. The van der Waals surface area contributed by atoms with Gasteiger partial charge >= 0.3 is 0 Å². The molecule has 0 fully saturated rings. The second kappa shape index (κ2) is 7.17. The minimum absolute atomic E-state index is 0.571. The van der Waals surface area contributed by atoms with E-state index >= 15 is 0 Å². The van der Waals surface area contributed by atoms with E-state index in [0.29, 0.717) is 12.4 Å². The molecule has 4 heterocycles. The molecule has 3 aromatic heterocycles. The second-order valence-corrected chi connectivity index (χ2v) is 7.65. The van der Waals surface area contributed by atoms with Crippen LogP contribution in [0.25, 0.3) is 10.9 Å². The summed E-state index contributed by atoms with van der Waals surface area (Å²) in [5.41, 5.74) is 2.63. The van der Waals surface area contributed by atoms with E-state index in [1.807, 2.05) is 36.1 Å². The molecule has 9 heteroatoms. The maximum absolute atomic E-state index is 5.17. The van der Waals surface area contributed by atoms with E-state index in [4.69, 9.17) is 9.73 Å². The van der Waals surface area contributed by atoms with Gasteiger partial charge in [-0.3, -0.25) is 4.68 Å². The fourth-order valence-corrected chi connectivity index (χ4v) is 4.16. The summed E-state index contributed by atoms with van der Waals surface area (Å²) in [6.45, 7) is 0.591. The molecule has 4 aromatic rings. The van der Waals surface area contributed by atoms with Crippen LogP contribution in [-0.2, 0) is 7.05 Å². The predicted molar refractivity (Wildman–Crippen MR) is 113 cm³/mol. The smallest absolute Gasteiger partial charge is 0.213 e. The summed E-state index contributed by atoms with van der Waals surface area (Å²) in [7, 11) is 3.53. The normalized spacial score (nSPS) is 13.3. The van der Waals surface area contributed by atoms with Crippen LogP contribution >= 0.6 is 11.8 Å². The number of thioether (sulfide) groups is 1. The molecule has 0 radical (unpaired) electrons. The summed E-state index contributed by atoms with van der Waals surface area (Å²) in [6, 6.07) is 10.0. The van der Waals surface area contributed by atoms with Gasteiger partial charge in [0, 0.05) is 29.6 Å². The average molecular weight is 403 g/mol. The number of aliphatic imine (C=N–C) groups is 1. The quantitative estimate of drug-likeness (QED) is 0.515. The highest BCUT2D eigenvalue weighted by atomic mass is 32.2. The molecule has 0 spiro atoms. The monoisotopic (exact) mass is 403 g/mol. The van der Waals surface area contributed by atoms with Gasteiger partial charge in [0.05, 0.1) is 42.3 Å². The van der Waals surface area contributed by atoms with Gasteiger partial charge in [-0.1, -0.05) is 11.8 Å². The van der Waals surface area contributed by atoms with Gasteiger partial charge in [0.2, 0.25) is 5.88 Å². The first-order valence-electron chi connectivity index (χ1n) is 8.96. The Morgan fingerprint density at radius 1 is 1.10 bits per heavy atom. The van der Waals surface area contributed by atoms with Crippen LogP contribution in [0.4, 0.5) is 17.2 Å². The average Bonchev–Trinajstić information content (AvgIpc) is 3.12.